The van der Waals surface area contributed by atoms with Crippen LogP contribution in [-0.4, -0.2) is 50.9 Å². The number of barbiturate groups is 1. The lowest BCUT2D eigenvalue weighted by atomic mass is 9.95. The first kappa shape index (κ1) is 32.1. The van der Waals surface area contributed by atoms with Crippen LogP contribution in [0.2, 0.25) is 10.0 Å². The molecule has 9 heteroatoms. The van der Waals surface area contributed by atoms with Gasteiger partial charge in [-0.05, 0) is 79.8 Å². The van der Waals surface area contributed by atoms with Crippen molar-refractivity contribution in [3.8, 4) is 0 Å². The molecule has 1 saturated carbocycles. The van der Waals surface area contributed by atoms with E-state index in [9.17, 15) is 14.4 Å². The van der Waals surface area contributed by atoms with Crippen LogP contribution in [0.4, 0.5) is 4.79 Å². The maximum Gasteiger partial charge on any atom is 0.333 e. The van der Waals surface area contributed by atoms with Gasteiger partial charge in [0, 0.05) is 91.3 Å². The molecule has 8 rings (SSSR count). The van der Waals surface area contributed by atoms with Gasteiger partial charge in [0.25, 0.3) is 11.8 Å². The Hall–Kier alpha value is -5.11. The standard InChI is InChI=1S/C41H34Cl2N4O3/c1-5-46-31(27-11-7-9-25-29(42)17-21-33(46)36(25)27)19-15-23-13-14-24(35(23)38-39(48)44(3)41(50)45(4)40(38)49)16-20-32-28-12-8-10-26-30(43)18-22-34(37(26)28)47(32)6-2/h7-12,15-22H,5-6,13-14H2,1-4H3/b23-15+,24-16+,31-19+,32-20+. The Balaban J connectivity index is 1.37. The summed E-state index contributed by atoms with van der Waals surface area (Å²) in [5, 5.41) is 9.83. The fourth-order valence-corrected chi connectivity index (χ4v) is 8.39. The zero-order valence-corrected chi connectivity index (χ0v) is 29.7. The molecular weight excluding hydrogens is 667 g/mol. The minimum Gasteiger partial charge on any atom is -0.341 e. The van der Waals surface area contributed by atoms with Gasteiger partial charge in [-0.1, -0.05) is 71.8 Å². The highest BCUT2D eigenvalue weighted by Crippen LogP contribution is 2.40. The smallest absolute Gasteiger partial charge is 0.333 e. The lowest BCUT2D eigenvalue weighted by Crippen LogP contribution is -2.53. The second kappa shape index (κ2) is 12.0. The zero-order valence-electron chi connectivity index (χ0n) is 28.2. The number of aryl methyl sites for hydroxylation is 2. The molecular formula is C41H34Cl2N4O3. The largest absolute Gasteiger partial charge is 0.341 e. The second-order valence-electron chi connectivity index (χ2n) is 12.8. The normalized spacial score (nSPS) is 18.5. The van der Waals surface area contributed by atoms with Crippen molar-refractivity contribution in [3.05, 3.63) is 116 Å². The minimum atomic E-state index is -0.647. The molecule has 3 heterocycles. The molecule has 250 valence electrons. The number of rotatable bonds is 4. The lowest BCUT2D eigenvalue weighted by Gasteiger charge is -2.30. The maximum absolute atomic E-state index is 13.8. The first-order valence-corrected chi connectivity index (χ1v) is 17.6. The summed E-state index contributed by atoms with van der Waals surface area (Å²) in [7, 11) is 2.84. The van der Waals surface area contributed by atoms with Gasteiger partial charge in [-0.2, -0.15) is 0 Å². The molecule has 6 aromatic rings. The third-order valence-electron chi connectivity index (χ3n) is 10.3. The number of nitrogens with zero attached hydrogens (tertiary/aromatic N) is 4. The highest BCUT2D eigenvalue weighted by molar-refractivity contribution is 6.38. The SMILES string of the molecule is CCn1/c(=C/C=C2\CC/C(=C\C=c3/c4cccc5c(Cl)ccc(c54)n3CC)C2=C2C(=O)N(C)C(=O)N(C)C2=O)c2cccc3c(Cl)ccc1c32. The summed E-state index contributed by atoms with van der Waals surface area (Å²) in [6.45, 7) is 5.72. The first-order valence-electron chi connectivity index (χ1n) is 16.8. The number of halogens is 2. The van der Waals surface area contributed by atoms with E-state index in [1.165, 1.54) is 14.1 Å². The monoisotopic (exact) mass is 700 g/mol. The van der Waals surface area contributed by atoms with Crippen molar-refractivity contribution in [1.82, 2.24) is 18.9 Å². The molecule has 0 N–H and O–H groups in total. The average molecular weight is 702 g/mol. The van der Waals surface area contributed by atoms with Crippen LogP contribution in [0.3, 0.4) is 0 Å². The first-order chi connectivity index (χ1) is 24.2. The van der Waals surface area contributed by atoms with E-state index in [4.69, 9.17) is 23.2 Å². The van der Waals surface area contributed by atoms with Gasteiger partial charge in [-0.15, -0.1) is 0 Å². The molecule has 1 aliphatic heterocycles. The van der Waals surface area contributed by atoms with E-state index < -0.39 is 17.8 Å². The van der Waals surface area contributed by atoms with Gasteiger partial charge >= 0.3 is 6.03 Å². The number of likely N-dealkylation sites (N-methyl/N-ethyl adjacent to an activating group) is 2. The van der Waals surface area contributed by atoms with Crippen LogP contribution < -0.4 is 10.7 Å². The van der Waals surface area contributed by atoms with Gasteiger partial charge in [-0.3, -0.25) is 19.4 Å². The van der Waals surface area contributed by atoms with Gasteiger partial charge in [-0.25, -0.2) is 4.79 Å². The van der Waals surface area contributed by atoms with Crippen molar-refractivity contribution in [2.24, 2.45) is 0 Å². The molecule has 0 radical (unpaired) electrons. The van der Waals surface area contributed by atoms with E-state index in [1.807, 2.05) is 48.6 Å². The van der Waals surface area contributed by atoms with Crippen molar-refractivity contribution < 1.29 is 14.4 Å². The summed E-state index contributed by atoms with van der Waals surface area (Å²) in [6.07, 6.45) is 9.47. The van der Waals surface area contributed by atoms with Crippen molar-refractivity contribution in [1.29, 1.82) is 0 Å². The van der Waals surface area contributed by atoms with Crippen molar-refractivity contribution in [3.63, 3.8) is 0 Å². The molecule has 7 nitrogen and oxygen atoms in total. The van der Waals surface area contributed by atoms with Crippen LogP contribution in [0.25, 0.3) is 55.5 Å². The Morgan fingerprint density at radius 2 is 1.00 bits per heavy atom. The zero-order chi connectivity index (χ0) is 35.0. The summed E-state index contributed by atoms with van der Waals surface area (Å²) in [5.74, 6) is -1.20. The number of amides is 4. The van der Waals surface area contributed by atoms with E-state index in [-0.39, 0.29) is 5.57 Å². The van der Waals surface area contributed by atoms with E-state index in [0.29, 0.717) is 28.5 Å². The fraction of sp³-hybridized carbons (Fsp3) is 0.195. The maximum atomic E-state index is 13.8. The predicted octanol–water partition coefficient (Wildman–Crippen LogP) is 7.94. The predicted molar refractivity (Wildman–Crippen MR) is 203 cm³/mol. The highest BCUT2D eigenvalue weighted by atomic mass is 35.5. The molecule has 0 atom stereocenters. The summed E-state index contributed by atoms with van der Waals surface area (Å²) in [4.78, 5) is 42.3. The molecule has 0 bridgehead atoms. The quantitative estimate of drug-likeness (QED) is 0.139. The van der Waals surface area contributed by atoms with Crippen LogP contribution >= 0.6 is 23.2 Å². The van der Waals surface area contributed by atoms with Gasteiger partial charge in [0.1, 0.15) is 5.57 Å². The number of imide groups is 2. The number of urea groups is 1. The molecule has 0 unspecified atom stereocenters. The summed E-state index contributed by atoms with van der Waals surface area (Å²) < 4.78 is 4.52. The molecule has 4 amide bonds. The highest BCUT2D eigenvalue weighted by Gasteiger charge is 2.42. The molecule has 0 spiro atoms. The number of allylic oxidation sites excluding steroid dienone is 5. The Labute approximate surface area is 298 Å². The number of hydrogen-bond donors (Lipinski definition) is 0. The summed E-state index contributed by atoms with van der Waals surface area (Å²) in [6, 6.07) is 19.6. The molecule has 50 heavy (non-hydrogen) atoms. The average Bonchev–Trinajstić information content (AvgIpc) is 3.78. The minimum absolute atomic E-state index is 0.00766. The number of hydrogen-bond acceptors (Lipinski definition) is 3. The third-order valence-corrected chi connectivity index (χ3v) is 11.0. The second-order valence-corrected chi connectivity index (χ2v) is 13.6. The molecule has 1 saturated heterocycles. The molecule has 4 aromatic carbocycles. The fourth-order valence-electron chi connectivity index (χ4n) is 7.95. The lowest BCUT2D eigenvalue weighted by molar-refractivity contribution is -0.134. The Morgan fingerprint density at radius 1 is 0.580 bits per heavy atom. The summed E-state index contributed by atoms with van der Waals surface area (Å²) >= 11 is 13.2. The molecule has 2 fully saturated rings. The summed E-state index contributed by atoms with van der Waals surface area (Å²) in [5.41, 5.74) is 4.51. The Bertz CT molecular complexity index is 2510. The van der Waals surface area contributed by atoms with Crippen LogP contribution in [0.5, 0.6) is 0 Å². The van der Waals surface area contributed by atoms with Gasteiger partial charge in [0.05, 0.1) is 0 Å². The molecule has 2 aromatic heterocycles. The number of carbonyl (C=O) groups excluding carboxylic acids is 3. The van der Waals surface area contributed by atoms with Gasteiger partial charge in [0.2, 0.25) is 0 Å². The van der Waals surface area contributed by atoms with E-state index in [2.05, 4.69) is 59.4 Å². The van der Waals surface area contributed by atoms with Crippen molar-refractivity contribution in [2.45, 2.75) is 39.8 Å². The van der Waals surface area contributed by atoms with Crippen molar-refractivity contribution >= 4 is 96.6 Å². The van der Waals surface area contributed by atoms with Crippen LogP contribution in [0.15, 0.2) is 95.1 Å². The number of aromatic nitrogens is 2. The van der Waals surface area contributed by atoms with E-state index >= 15 is 0 Å². The van der Waals surface area contributed by atoms with E-state index in [1.54, 1.807) is 0 Å². The third kappa shape index (κ3) is 4.60. The molecule has 2 aliphatic rings. The number of benzene rings is 4. The topological polar surface area (TPSA) is 67.6 Å². The Kier molecular flexibility index (Phi) is 7.73. The van der Waals surface area contributed by atoms with Crippen LogP contribution in [0, 0.1) is 0 Å². The van der Waals surface area contributed by atoms with Gasteiger partial charge in [0.15, 0.2) is 0 Å². The van der Waals surface area contributed by atoms with Crippen molar-refractivity contribution in [2.75, 3.05) is 14.1 Å². The molecule has 1 aliphatic carbocycles. The number of carbonyl (C=O) groups is 3. The van der Waals surface area contributed by atoms with Crippen LogP contribution in [0.1, 0.15) is 26.7 Å². The van der Waals surface area contributed by atoms with Gasteiger partial charge < -0.3 is 9.13 Å². The van der Waals surface area contributed by atoms with Crippen LogP contribution in [-0.2, 0) is 22.7 Å². The Morgan fingerprint density at radius 3 is 1.42 bits per heavy atom. The van der Waals surface area contributed by atoms with E-state index in [0.717, 1.165) is 88.1 Å².